The Morgan fingerprint density at radius 2 is 1.53 bits per heavy atom. The minimum absolute atomic E-state index is 0.152. The molecule has 2 saturated carbocycles. The predicted molar refractivity (Wildman–Crippen MR) is 65.2 cm³/mol. The highest BCUT2D eigenvalue weighted by molar-refractivity contribution is 6.05. The Hall–Kier alpha value is -1.52. The predicted octanol–water partition coefficient (Wildman–Crippen LogP) is 0.788. The lowest BCUT2D eigenvalue weighted by Gasteiger charge is -2.38. The van der Waals surface area contributed by atoms with Gasteiger partial charge in [0.2, 0.25) is 0 Å². The van der Waals surface area contributed by atoms with Crippen LogP contribution < -0.4 is 0 Å². The third kappa shape index (κ3) is 0.857. The summed E-state index contributed by atoms with van der Waals surface area (Å²) < 4.78 is 0. The summed E-state index contributed by atoms with van der Waals surface area (Å²) >= 11 is 0. The number of hydrogen-bond donors (Lipinski definition) is 2. The molecule has 2 fully saturated rings. The fraction of sp³-hybridized carbons (Fsp3) is 0.467. The zero-order chi connectivity index (χ0) is 13.5. The van der Waals surface area contributed by atoms with Crippen LogP contribution in [0.15, 0.2) is 24.3 Å². The topological polar surface area (TPSA) is 74.6 Å². The van der Waals surface area contributed by atoms with Crippen molar-refractivity contribution >= 4 is 11.6 Å². The maximum atomic E-state index is 12.4. The largest absolute Gasteiger partial charge is 0.384 e. The summed E-state index contributed by atoms with van der Waals surface area (Å²) in [5.74, 6) is -0.523. The lowest BCUT2D eigenvalue weighted by molar-refractivity contribution is -0.174. The lowest BCUT2D eigenvalue weighted by atomic mass is 9.68. The van der Waals surface area contributed by atoms with Crippen LogP contribution in [0.1, 0.15) is 36.8 Å². The molecule has 0 bridgehead atoms. The summed E-state index contributed by atoms with van der Waals surface area (Å²) in [6.07, 6.45) is 0.907. The quantitative estimate of drug-likeness (QED) is 0.721. The van der Waals surface area contributed by atoms with E-state index in [1.165, 1.54) is 0 Å². The first-order chi connectivity index (χ1) is 8.98. The van der Waals surface area contributed by atoms with E-state index in [0.717, 1.165) is 0 Å². The molecule has 4 rings (SSSR count). The second-order valence-corrected chi connectivity index (χ2v) is 5.87. The van der Waals surface area contributed by atoms with Gasteiger partial charge < -0.3 is 10.2 Å². The van der Waals surface area contributed by atoms with Crippen molar-refractivity contribution in [2.75, 3.05) is 0 Å². The monoisotopic (exact) mass is 258 g/mol. The molecule has 1 spiro atoms. The van der Waals surface area contributed by atoms with Gasteiger partial charge in [0.05, 0.1) is 0 Å². The molecule has 19 heavy (non-hydrogen) atoms. The Labute approximate surface area is 110 Å². The molecule has 1 aromatic rings. The van der Waals surface area contributed by atoms with E-state index in [1.54, 1.807) is 24.3 Å². The number of carbonyl (C=O) groups excluding carboxylic acids is 2. The van der Waals surface area contributed by atoms with Gasteiger partial charge in [0, 0.05) is 12.8 Å². The lowest BCUT2D eigenvalue weighted by Crippen LogP contribution is -2.52. The molecule has 0 saturated heterocycles. The van der Waals surface area contributed by atoms with Crippen molar-refractivity contribution in [2.24, 2.45) is 5.41 Å². The molecule has 2 N–H and O–H groups in total. The minimum atomic E-state index is -1.83. The van der Waals surface area contributed by atoms with Crippen molar-refractivity contribution in [1.82, 2.24) is 0 Å². The van der Waals surface area contributed by atoms with Gasteiger partial charge in [-0.3, -0.25) is 9.59 Å². The molecule has 0 heterocycles. The Morgan fingerprint density at radius 3 is 2.26 bits per heavy atom. The number of fused-ring (bicyclic) bond motifs is 3. The molecule has 3 aliphatic carbocycles. The van der Waals surface area contributed by atoms with E-state index in [9.17, 15) is 19.8 Å². The molecule has 1 unspecified atom stereocenters. The molecular weight excluding hydrogens is 244 g/mol. The van der Waals surface area contributed by atoms with Crippen molar-refractivity contribution in [3.63, 3.8) is 0 Å². The number of carbonyl (C=O) groups is 2. The fourth-order valence-electron chi connectivity index (χ4n) is 4.60. The number of rotatable bonds is 0. The van der Waals surface area contributed by atoms with Gasteiger partial charge in [-0.1, -0.05) is 24.3 Å². The van der Waals surface area contributed by atoms with E-state index in [1.807, 2.05) is 0 Å². The zero-order valence-corrected chi connectivity index (χ0v) is 10.3. The summed E-state index contributed by atoms with van der Waals surface area (Å²) in [5.41, 5.74) is -3.58. The number of hydrogen-bond acceptors (Lipinski definition) is 4. The second-order valence-electron chi connectivity index (χ2n) is 5.87. The average molecular weight is 258 g/mol. The van der Waals surface area contributed by atoms with Crippen molar-refractivity contribution < 1.29 is 19.8 Å². The smallest absolute Gasteiger partial charge is 0.170 e. The first-order valence-electron chi connectivity index (χ1n) is 6.60. The first kappa shape index (κ1) is 11.3. The Balaban J connectivity index is 2.15. The highest BCUT2D eigenvalue weighted by Crippen LogP contribution is 2.70. The molecule has 0 amide bonds. The van der Waals surface area contributed by atoms with Crippen LogP contribution in [0, 0.1) is 5.41 Å². The van der Waals surface area contributed by atoms with Gasteiger partial charge in [0.15, 0.2) is 11.4 Å². The third-order valence-electron chi connectivity index (χ3n) is 5.41. The zero-order valence-electron chi connectivity index (χ0n) is 10.3. The molecule has 0 aromatic heterocycles. The van der Waals surface area contributed by atoms with Crippen LogP contribution in [0.4, 0.5) is 0 Å². The number of Topliss-reactive ketones (excluding diaryl/α,β-unsaturated/α-hetero) is 2. The van der Waals surface area contributed by atoms with Gasteiger partial charge in [-0.25, -0.2) is 0 Å². The summed E-state index contributed by atoms with van der Waals surface area (Å²) in [4.78, 5) is 24.7. The summed E-state index contributed by atoms with van der Waals surface area (Å²) in [6.45, 7) is 0. The molecule has 3 atom stereocenters. The average Bonchev–Trinajstić information content (AvgIpc) is 2.90. The van der Waals surface area contributed by atoms with Crippen LogP contribution in [0.5, 0.6) is 0 Å². The van der Waals surface area contributed by atoms with E-state index >= 15 is 0 Å². The maximum Gasteiger partial charge on any atom is 0.170 e. The summed E-state index contributed by atoms with van der Waals surface area (Å²) in [6, 6.07) is 6.87. The number of benzene rings is 1. The van der Waals surface area contributed by atoms with E-state index in [4.69, 9.17) is 0 Å². The fourth-order valence-corrected chi connectivity index (χ4v) is 4.60. The molecule has 4 nitrogen and oxygen atoms in total. The van der Waals surface area contributed by atoms with Gasteiger partial charge in [0.1, 0.15) is 16.8 Å². The van der Waals surface area contributed by atoms with Gasteiger partial charge in [-0.15, -0.1) is 0 Å². The van der Waals surface area contributed by atoms with Crippen molar-refractivity contribution in [3.05, 3.63) is 35.4 Å². The normalized spacial score (nSPS) is 43.3. The van der Waals surface area contributed by atoms with Crippen LogP contribution >= 0.6 is 0 Å². The maximum absolute atomic E-state index is 12.4. The van der Waals surface area contributed by atoms with Crippen molar-refractivity contribution in [2.45, 2.75) is 36.9 Å². The Kier molecular flexibility index (Phi) is 1.77. The van der Waals surface area contributed by atoms with Crippen LogP contribution in [0.25, 0.3) is 0 Å². The Bertz CT molecular complexity index is 637. The van der Waals surface area contributed by atoms with Crippen LogP contribution in [0.2, 0.25) is 0 Å². The van der Waals surface area contributed by atoms with E-state index < -0.39 is 16.6 Å². The van der Waals surface area contributed by atoms with Gasteiger partial charge in [0.25, 0.3) is 0 Å². The van der Waals surface area contributed by atoms with Gasteiger partial charge in [-0.2, -0.15) is 0 Å². The molecule has 3 aliphatic rings. The standard InChI is InChI=1S/C15H14O4/c16-11-6-8-14(18)9-3-1-2-4-10(9)15(19)12(17)5-7-13(11,14)15/h1-4,18-19H,5-8H2/t13?,14-,15+/m0/s1. The second kappa shape index (κ2) is 2.97. The van der Waals surface area contributed by atoms with Crippen molar-refractivity contribution in [3.8, 4) is 0 Å². The minimum Gasteiger partial charge on any atom is -0.384 e. The van der Waals surface area contributed by atoms with Crippen LogP contribution in [-0.4, -0.2) is 21.8 Å². The molecule has 0 radical (unpaired) electrons. The molecular formula is C15H14O4. The summed E-state index contributed by atoms with van der Waals surface area (Å²) in [5, 5.41) is 22.1. The van der Waals surface area contributed by atoms with E-state index in [-0.39, 0.29) is 30.8 Å². The third-order valence-corrected chi connectivity index (χ3v) is 5.41. The SMILES string of the molecule is O=C1CC[C@]2(O)c3ccccc3[C@@]3(O)C(=O)CCC123. The van der Waals surface area contributed by atoms with Crippen LogP contribution in [-0.2, 0) is 20.8 Å². The first-order valence-corrected chi connectivity index (χ1v) is 6.60. The number of ketones is 2. The molecule has 4 heteroatoms. The number of aliphatic hydroxyl groups is 2. The highest BCUT2D eigenvalue weighted by Gasteiger charge is 2.79. The highest BCUT2D eigenvalue weighted by atomic mass is 16.3. The van der Waals surface area contributed by atoms with Gasteiger partial charge >= 0.3 is 0 Å². The van der Waals surface area contributed by atoms with Crippen LogP contribution in [0.3, 0.4) is 0 Å². The van der Waals surface area contributed by atoms with Crippen molar-refractivity contribution in [1.29, 1.82) is 0 Å². The molecule has 0 aliphatic heterocycles. The molecule has 1 aromatic carbocycles. The Morgan fingerprint density at radius 1 is 0.895 bits per heavy atom. The van der Waals surface area contributed by atoms with E-state index in [2.05, 4.69) is 0 Å². The van der Waals surface area contributed by atoms with E-state index in [0.29, 0.717) is 17.5 Å². The van der Waals surface area contributed by atoms with Gasteiger partial charge in [-0.05, 0) is 24.0 Å². The summed E-state index contributed by atoms with van der Waals surface area (Å²) in [7, 11) is 0. The molecule has 98 valence electrons.